The standard InChI is InChI=1S/C24H22F2N4O3/c25-18-7-6-16(20(26)8-18)12-30-13-17(10-27-22(14-31)15-4-2-1-3-5-15)19-9-21(24(32)29-33)28-11-23(19)30/h1-9,11,13,22,27,31,33H,10,12,14H2,(H,29,32)/t22-/m0/s1. The average molecular weight is 452 g/mol. The number of aromatic nitrogens is 2. The molecule has 1 atom stereocenters. The number of hydroxylamine groups is 1. The fraction of sp³-hybridized carbons (Fsp3) is 0.167. The summed E-state index contributed by atoms with van der Waals surface area (Å²) in [7, 11) is 0. The molecule has 0 fully saturated rings. The van der Waals surface area contributed by atoms with E-state index < -0.39 is 17.5 Å². The molecule has 9 heteroatoms. The Kier molecular flexibility index (Phi) is 6.74. The molecule has 0 saturated carbocycles. The Labute approximate surface area is 188 Å². The third-order valence-electron chi connectivity index (χ3n) is 5.46. The number of hydrogen-bond donors (Lipinski definition) is 4. The first kappa shape index (κ1) is 22.5. The second-order valence-corrected chi connectivity index (χ2v) is 7.57. The molecule has 4 N–H and O–H groups in total. The van der Waals surface area contributed by atoms with Crippen molar-refractivity contribution in [2.24, 2.45) is 0 Å². The van der Waals surface area contributed by atoms with Crippen molar-refractivity contribution in [1.29, 1.82) is 0 Å². The van der Waals surface area contributed by atoms with Crippen LogP contribution in [0.1, 0.15) is 33.2 Å². The van der Waals surface area contributed by atoms with E-state index in [-0.39, 0.29) is 24.9 Å². The molecule has 170 valence electrons. The fourth-order valence-corrected chi connectivity index (χ4v) is 3.75. The third kappa shape index (κ3) is 4.90. The van der Waals surface area contributed by atoms with E-state index in [0.717, 1.165) is 17.2 Å². The van der Waals surface area contributed by atoms with Crippen LogP contribution in [0.2, 0.25) is 0 Å². The summed E-state index contributed by atoms with van der Waals surface area (Å²) < 4.78 is 29.3. The number of pyridine rings is 1. The molecule has 2 aromatic heterocycles. The van der Waals surface area contributed by atoms with Gasteiger partial charge in [0.25, 0.3) is 5.91 Å². The summed E-state index contributed by atoms with van der Waals surface area (Å²) in [6.45, 7) is 0.334. The number of nitrogens with one attached hydrogen (secondary N) is 2. The summed E-state index contributed by atoms with van der Waals surface area (Å²) in [6.07, 6.45) is 3.26. The first-order valence-electron chi connectivity index (χ1n) is 10.3. The molecule has 4 rings (SSSR count). The van der Waals surface area contributed by atoms with Crippen LogP contribution in [0.4, 0.5) is 8.78 Å². The van der Waals surface area contributed by atoms with Crippen LogP contribution < -0.4 is 10.8 Å². The maximum Gasteiger partial charge on any atom is 0.293 e. The van der Waals surface area contributed by atoms with Crippen LogP contribution in [0.15, 0.2) is 67.0 Å². The highest BCUT2D eigenvalue weighted by molar-refractivity contribution is 5.96. The van der Waals surface area contributed by atoms with Crippen LogP contribution >= 0.6 is 0 Å². The first-order chi connectivity index (χ1) is 16.0. The molecule has 7 nitrogen and oxygen atoms in total. The molecular weight excluding hydrogens is 430 g/mol. The molecule has 0 saturated heterocycles. The van der Waals surface area contributed by atoms with E-state index in [2.05, 4.69) is 10.3 Å². The van der Waals surface area contributed by atoms with Gasteiger partial charge in [-0.15, -0.1) is 0 Å². The molecule has 33 heavy (non-hydrogen) atoms. The van der Waals surface area contributed by atoms with Crippen molar-refractivity contribution >= 4 is 16.8 Å². The van der Waals surface area contributed by atoms with Crippen molar-refractivity contribution in [3.8, 4) is 0 Å². The maximum atomic E-state index is 14.3. The normalized spacial score (nSPS) is 12.1. The number of fused-ring (bicyclic) bond motifs is 1. The predicted molar refractivity (Wildman–Crippen MR) is 118 cm³/mol. The van der Waals surface area contributed by atoms with Gasteiger partial charge in [0.2, 0.25) is 0 Å². The molecule has 0 aliphatic rings. The van der Waals surface area contributed by atoms with Gasteiger partial charge in [-0.05, 0) is 23.3 Å². The van der Waals surface area contributed by atoms with Crippen molar-refractivity contribution < 1.29 is 23.9 Å². The van der Waals surface area contributed by atoms with Gasteiger partial charge >= 0.3 is 0 Å². The van der Waals surface area contributed by atoms with Gasteiger partial charge in [0.15, 0.2) is 0 Å². The number of carbonyl (C=O) groups excluding carboxylic acids is 1. The zero-order valence-corrected chi connectivity index (χ0v) is 17.5. The molecule has 0 bridgehead atoms. The summed E-state index contributed by atoms with van der Waals surface area (Å²) in [5.41, 5.74) is 4.19. The Bertz CT molecular complexity index is 1280. The summed E-state index contributed by atoms with van der Waals surface area (Å²) in [5, 5.41) is 22.8. The Morgan fingerprint density at radius 3 is 2.58 bits per heavy atom. The third-order valence-corrected chi connectivity index (χ3v) is 5.46. The smallest absolute Gasteiger partial charge is 0.293 e. The second-order valence-electron chi connectivity index (χ2n) is 7.57. The van der Waals surface area contributed by atoms with Crippen LogP contribution in [-0.4, -0.2) is 32.4 Å². The molecule has 1 amide bonds. The van der Waals surface area contributed by atoms with Crippen LogP contribution in [0.25, 0.3) is 10.9 Å². The van der Waals surface area contributed by atoms with Crippen LogP contribution in [0, 0.1) is 11.6 Å². The average Bonchev–Trinajstić information content (AvgIpc) is 3.18. The largest absolute Gasteiger partial charge is 0.394 e. The minimum Gasteiger partial charge on any atom is -0.394 e. The van der Waals surface area contributed by atoms with Gasteiger partial charge < -0.3 is 15.0 Å². The van der Waals surface area contributed by atoms with E-state index in [1.54, 1.807) is 16.2 Å². The zero-order chi connectivity index (χ0) is 23.4. The molecule has 2 aromatic carbocycles. The number of aliphatic hydroxyl groups excluding tert-OH is 1. The number of carbonyl (C=O) groups is 1. The lowest BCUT2D eigenvalue weighted by Gasteiger charge is -2.16. The van der Waals surface area contributed by atoms with Crippen LogP contribution in [0.3, 0.4) is 0 Å². The lowest BCUT2D eigenvalue weighted by molar-refractivity contribution is 0.0701. The predicted octanol–water partition coefficient (Wildman–Crippen LogP) is 3.31. The van der Waals surface area contributed by atoms with Crippen LogP contribution in [-0.2, 0) is 13.1 Å². The van der Waals surface area contributed by atoms with Crippen molar-refractivity contribution in [1.82, 2.24) is 20.3 Å². The Hall–Kier alpha value is -3.66. The van der Waals surface area contributed by atoms with Gasteiger partial charge in [-0.25, -0.2) is 19.2 Å². The van der Waals surface area contributed by atoms with Crippen molar-refractivity contribution in [3.63, 3.8) is 0 Å². The summed E-state index contributed by atoms with van der Waals surface area (Å²) in [5.74, 6) is -2.08. The molecule has 0 radical (unpaired) electrons. The van der Waals surface area contributed by atoms with E-state index in [9.17, 15) is 18.7 Å². The van der Waals surface area contributed by atoms with Gasteiger partial charge in [0.1, 0.15) is 17.3 Å². The molecule has 0 spiro atoms. The molecule has 2 heterocycles. The monoisotopic (exact) mass is 452 g/mol. The zero-order valence-electron chi connectivity index (χ0n) is 17.5. The highest BCUT2D eigenvalue weighted by atomic mass is 19.1. The lowest BCUT2D eigenvalue weighted by Crippen LogP contribution is -2.24. The van der Waals surface area contributed by atoms with Crippen LogP contribution in [0.5, 0.6) is 0 Å². The van der Waals surface area contributed by atoms with E-state index >= 15 is 0 Å². The number of amides is 1. The summed E-state index contributed by atoms with van der Waals surface area (Å²) in [4.78, 5) is 16.0. The van der Waals surface area contributed by atoms with Gasteiger partial charge in [-0.2, -0.15) is 0 Å². The Morgan fingerprint density at radius 2 is 1.88 bits per heavy atom. The molecular formula is C24H22F2N4O3. The van der Waals surface area contributed by atoms with Crippen molar-refractivity contribution in [2.45, 2.75) is 19.1 Å². The number of hydrogen-bond acceptors (Lipinski definition) is 5. The number of rotatable bonds is 8. The molecule has 0 aliphatic carbocycles. The van der Waals surface area contributed by atoms with Gasteiger partial charge in [0, 0.05) is 29.8 Å². The minimum atomic E-state index is -0.759. The lowest BCUT2D eigenvalue weighted by atomic mass is 10.1. The highest BCUT2D eigenvalue weighted by Gasteiger charge is 2.17. The second kappa shape index (κ2) is 9.86. The first-order valence-corrected chi connectivity index (χ1v) is 10.3. The molecule has 4 aromatic rings. The van der Waals surface area contributed by atoms with E-state index in [1.165, 1.54) is 24.4 Å². The number of nitrogens with zero attached hydrogens (tertiary/aromatic N) is 2. The molecule has 0 unspecified atom stereocenters. The van der Waals surface area contributed by atoms with E-state index in [1.807, 2.05) is 30.3 Å². The number of benzene rings is 2. The fourth-order valence-electron chi connectivity index (χ4n) is 3.75. The van der Waals surface area contributed by atoms with Gasteiger partial charge in [0.05, 0.1) is 30.9 Å². The van der Waals surface area contributed by atoms with Crippen molar-refractivity contribution in [2.75, 3.05) is 6.61 Å². The van der Waals surface area contributed by atoms with E-state index in [0.29, 0.717) is 23.0 Å². The van der Waals surface area contributed by atoms with Crippen molar-refractivity contribution in [3.05, 3.63) is 101 Å². The highest BCUT2D eigenvalue weighted by Crippen LogP contribution is 2.25. The van der Waals surface area contributed by atoms with Gasteiger partial charge in [-0.1, -0.05) is 36.4 Å². The topological polar surface area (TPSA) is 99.4 Å². The number of halogens is 2. The summed E-state index contributed by atoms with van der Waals surface area (Å²) >= 11 is 0. The van der Waals surface area contributed by atoms with Gasteiger partial charge in [-0.3, -0.25) is 10.0 Å². The summed E-state index contributed by atoms with van der Waals surface area (Å²) in [6, 6.07) is 14.1. The minimum absolute atomic E-state index is 0.0127. The Morgan fingerprint density at radius 1 is 1.09 bits per heavy atom. The molecule has 0 aliphatic heterocycles. The Balaban J connectivity index is 1.69. The SMILES string of the molecule is O=C(NO)c1cc2c(CN[C@@H](CO)c3ccccc3)cn(Cc3ccc(F)cc3F)c2cn1. The number of aliphatic hydroxyl groups is 1. The quantitative estimate of drug-likeness (QED) is 0.243. The maximum absolute atomic E-state index is 14.3. The van der Waals surface area contributed by atoms with E-state index in [4.69, 9.17) is 5.21 Å².